The maximum absolute atomic E-state index is 13.6. The van der Waals surface area contributed by atoms with Gasteiger partial charge in [0.2, 0.25) is 5.91 Å². The standard InChI is InChI=1S/C37H29ClFN3O3S/c1-24-9-8-10-25(21-24)22-33(42-35(43)27-13-6-3-7-14-27)36(44)40-28-15-18-30(19-16-28)46-34(26-11-4-2-5-12-26)37(45)41-29-17-20-32(39)31(38)23-29/h2-23,34H,1H3,(H,40,44)(H,41,45)(H,42,43)/b33-22-. The lowest BCUT2D eigenvalue weighted by molar-refractivity contribution is -0.116. The Balaban J connectivity index is 1.33. The first-order chi connectivity index (χ1) is 22.2. The van der Waals surface area contributed by atoms with Crippen molar-refractivity contribution >= 4 is 58.5 Å². The van der Waals surface area contributed by atoms with Crippen LogP contribution >= 0.6 is 23.4 Å². The lowest BCUT2D eigenvalue weighted by Crippen LogP contribution is -2.30. The Labute approximate surface area is 275 Å². The van der Waals surface area contributed by atoms with Crippen LogP contribution in [0.25, 0.3) is 6.08 Å². The highest BCUT2D eigenvalue weighted by atomic mass is 35.5. The van der Waals surface area contributed by atoms with E-state index >= 15 is 0 Å². The van der Waals surface area contributed by atoms with Gasteiger partial charge >= 0.3 is 0 Å². The second kappa shape index (κ2) is 15.2. The van der Waals surface area contributed by atoms with Crippen LogP contribution in [0.15, 0.2) is 138 Å². The number of amides is 3. The highest BCUT2D eigenvalue weighted by molar-refractivity contribution is 8.00. The maximum Gasteiger partial charge on any atom is 0.272 e. The summed E-state index contributed by atoms with van der Waals surface area (Å²) in [6.07, 6.45) is 1.63. The molecule has 5 aromatic rings. The van der Waals surface area contributed by atoms with E-state index < -0.39 is 22.9 Å². The van der Waals surface area contributed by atoms with E-state index in [-0.39, 0.29) is 16.6 Å². The summed E-state index contributed by atoms with van der Waals surface area (Å²) in [5, 5.41) is 7.70. The topological polar surface area (TPSA) is 87.3 Å². The molecule has 0 radical (unpaired) electrons. The molecule has 5 rings (SSSR count). The van der Waals surface area contributed by atoms with Gasteiger partial charge < -0.3 is 16.0 Å². The van der Waals surface area contributed by atoms with E-state index in [0.29, 0.717) is 16.9 Å². The van der Waals surface area contributed by atoms with Crippen molar-refractivity contribution < 1.29 is 18.8 Å². The molecule has 5 aromatic carbocycles. The summed E-state index contributed by atoms with van der Waals surface area (Å²) in [5.74, 6) is -1.78. The van der Waals surface area contributed by atoms with Crippen molar-refractivity contribution in [2.24, 2.45) is 0 Å². The summed E-state index contributed by atoms with van der Waals surface area (Å²) in [6.45, 7) is 1.95. The molecule has 3 amide bonds. The van der Waals surface area contributed by atoms with Crippen molar-refractivity contribution in [3.05, 3.63) is 166 Å². The second-order valence-corrected chi connectivity index (χ2v) is 11.9. The van der Waals surface area contributed by atoms with Crippen LogP contribution in [0.2, 0.25) is 5.02 Å². The molecule has 0 aromatic heterocycles. The highest BCUT2D eigenvalue weighted by Gasteiger charge is 2.23. The van der Waals surface area contributed by atoms with Gasteiger partial charge in [0, 0.05) is 21.8 Å². The predicted molar refractivity (Wildman–Crippen MR) is 183 cm³/mol. The fourth-order valence-electron chi connectivity index (χ4n) is 4.50. The number of carbonyl (C=O) groups is 3. The van der Waals surface area contributed by atoms with Crippen LogP contribution in [0.5, 0.6) is 0 Å². The normalized spacial score (nSPS) is 11.8. The average Bonchev–Trinajstić information content (AvgIpc) is 3.06. The van der Waals surface area contributed by atoms with Gasteiger partial charge in [-0.1, -0.05) is 90.0 Å². The number of benzene rings is 5. The van der Waals surface area contributed by atoms with Crippen LogP contribution < -0.4 is 16.0 Å². The van der Waals surface area contributed by atoms with Gasteiger partial charge in [0.1, 0.15) is 16.8 Å². The van der Waals surface area contributed by atoms with E-state index in [1.54, 1.807) is 54.6 Å². The van der Waals surface area contributed by atoms with Gasteiger partial charge in [0.05, 0.1) is 5.02 Å². The minimum atomic E-state index is -0.637. The molecule has 9 heteroatoms. The summed E-state index contributed by atoms with van der Waals surface area (Å²) in [7, 11) is 0. The van der Waals surface area contributed by atoms with Crippen LogP contribution in [0, 0.1) is 12.7 Å². The number of carbonyl (C=O) groups excluding carboxylic acids is 3. The van der Waals surface area contributed by atoms with Gasteiger partial charge in [-0.15, -0.1) is 11.8 Å². The minimum absolute atomic E-state index is 0.0830. The fraction of sp³-hybridized carbons (Fsp3) is 0.0541. The molecule has 0 spiro atoms. The minimum Gasteiger partial charge on any atom is -0.325 e. The summed E-state index contributed by atoms with van der Waals surface area (Å²) < 4.78 is 13.6. The fourth-order valence-corrected chi connectivity index (χ4v) is 5.71. The molecule has 1 unspecified atom stereocenters. The number of hydrogen-bond acceptors (Lipinski definition) is 4. The molecule has 46 heavy (non-hydrogen) atoms. The molecule has 0 aliphatic heterocycles. The summed E-state index contributed by atoms with van der Waals surface area (Å²) in [6, 6.07) is 36.6. The average molecular weight is 650 g/mol. The number of thioether (sulfide) groups is 1. The molecule has 3 N–H and O–H groups in total. The van der Waals surface area contributed by atoms with Gasteiger partial charge in [0.15, 0.2) is 0 Å². The maximum atomic E-state index is 13.6. The number of nitrogens with one attached hydrogen (secondary N) is 3. The van der Waals surface area contributed by atoms with E-state index in [4.69, 9.17) is 11.6 Å². The van der Waals surface area contributed by atoms with Crippen molar-refractivity contribution in [1.29, 1.82) is 0 Å². The third-order valence-corrected chi connectivity index (χ3v) is 8.33. The molecule has 0 aliphatic rings. The highest BCUT2D eigenvalue weighted by Crippen LogP contribution is 2.37. The SMILES string of the molecule is Cc1cccc(/C=C(\NC(=O)c2ccccc2)C(=O)Nc2ccc(SC(C(=O)Nc3ccc(F)c(Cl)c3)c3ccccc3)cc2)c1. The quantitative estimate of drug-likeness (QED) is 0.104. The van der Waals surface area contributed by atoms with Gasteiger partial charge in [-0.3, -0.25) is 14.4 Å². The Kier molecular flexibility index (Phi) is 10.7. The number of aryl methyl sites for hydroxylation is 1. The zero-order chi connectivity index (χ0) is 32.5. The molecule has 0 aliphatic carbocycles. The molecule has 0 saturated heterocycles. The predicted octanol–water partition coefficient (Wildman–Crippen LogP) is 8.67. The Morgan fingerprint density at radius 1 is 0.761 bits per heavy atom. The molecule has 0 fully saturated rings. The first kappa shape index (κ1) is 32.2. The zero-order valence-corrected chi connectivity index (χ0v) is 26.2. The lowest BCUT2D eigenvalue weighted by atomic mass is 10.1. The van der Waals surface area contributed by atoms with Gasteiger partial charge in [-0.25, -0.2) is 4.39 Å². The molecule has 0 bridgehead atoms. The molecule has 230 valence electrons. The zero-order valence-electron chi connectivity index (χ0n) is 24.7. The number of rotatable bonds is 10. The Morgan fingerprint density at radius 3 is 2.11 bits per heavy atom. The van der Waals surface area contributed by atoms with Crippen molar-refractivity contribution in [2.45, 2.75) is 17.1 Å². The van der Waals surface area contributed by atoms with Crippen molar-refractivity contribution in [3.63, 3.8) is 0 Å². The molecular weight excluding hydrogens is 621 g/mol. The Morgan fingerprint density at radius 2 is 1.43 bits per heavy atom. The van der Waals surface area contributed by atoms with E-state index in [2.05, 4.69) is 16.0 Å². The van der Waals surface area contributed by atoms with E-state index in [1.807, 2.05) is 67.6 Å². The van der Waals surface area contributed by atoms with Crippen LogP contribution in [-0.4, -0.2) is 17.7 Å². The van der Waals surface area contributed by atoms with Crippen LogP contribution in [0.1, 0.15) is 32.3 Å². The number of halogens is 2. The van der Waals surface area contributed by atoms with Crippen molar-refractivity contribution in [3.8, 4) is 0 Å². The third-order valence-electron chi connectivity index (χ3n) is 6.78. The first-order valence-electron chi connectivity index (χ1n) is 14.3. The molecular formula is C37H29ClFN3O3S. The number of hydrogen-bond donors (Lipinski definition) is 3. The van der Waals surface area contributed by atoms with Gasteiger partial charge in [-0.2, -0.15) is 0 Å². The van der Waals surface area contributed by atoms with Crippen LogP contribution in [0.4, 0.5) is 15.8 Å². The smallest absolute Gasteiger partial charge is 0.272 e. The summed E-state index contributed by atoms with van der Waals surface area (Å²) >= 11 is 7.23. The summed E-state index contributed by atoms with van der Waals surface area (Å²) in [4.78, 5) is 40.6. The lowest BCUT2D eigenvalue weighted by Gasteiger charge is -2.18. The van der Waals surface area contributed by atoms with E-state index in [9.17, 15) is 18.8 Å². The number of anilines is 2. The third kappa shape index (κ3) is 8.72. The van der Waals surface area contributed by atoms with Gasteiger partial charge in [0.25, 0.3) is 11.8 Å². The molecule has 6 nitrogen and oxygen atoms in total. The van der Waals surface area contributed by atoms with Gasteiger partial charge in [-0.05, 0) is 78.7 Å². The van der Waals surface area contributed by atoms with Crippen LogP contribution in [0.3, 0.4) is 0 Å². The second-order valence-electron chi connectivity index (χ2n) is 10.3. The van der Waals surface area contributed by atoms with E-state index in [0.717, 1.165) is 21.6 Å². The van der Waals surface area contributed by atoms with Crippen molar-refractivity contribution in [1.82, 2.24) is 5.32 Å². The molecule has 0 saturated carbocycles. The first-order valence-corrected chi connectivity index (χ1v) is 15.5. The van der Waals surface area contributed by atoms with E-state index in [1.165, 1.54) is 30.0 Å². The summed E-state index contributed by atoms with van der Waals surface area (Å²) in [5.41, 5.74) is 3.94. The monoisotopic (exact) mass is 649 g/mol. The Hall–Kier alpha value is -5.18. The molecule has 1 atom stereocenters. The van der Waals surface area contributed by atoms with Crippen molar-refractivity contribution in [2.75, 3.05) is 10.6 Å². The van der Waals surface area contributed by atoms with Crippen LogP contribution in [-0.2, 0) is 9.59 Å². The Bertz CT molecular complexity index is 1880. The molecule has 0 heterocycles. The largest absolute Gasteiger partial charge is 0.325 e.